The summed E-state index contributed by atoms with van der Waals surface area (Å²) in [7, 11) is 2.22. The van der Waals surface area contributed by atoms with Crippen LogP contribution in [0.3, 0.4) is 0 Å². The Morgan fingerprint density at radius 1 is 1.35 bits per heavy atom. The maximum atomic E-state index is 6.28. The van der Waals surface area contributed by atoms with E-state index < -0.39 is 0 Å². The first-order valence-corrected chi connectivity index (χ1v) is 7.65. The second-order valence-electron chi connectivity index (χ2n) is 5.39. The molecule has 2 nitrogen and oxygen atoms in total. The number of rotatable bonds is 4. The lowest BCUT2D eigenvalue weighted by atomic mass is 9.95. The Kier molecular flexibility index (Phi) is 5.01. The van der Waals surface area contributed by atoms with Gasteiger partial charge in [-0.05, 0) is 48.2 Å². The zero-order valence-electron chi connectivity index (χ0n) is 10.8. The molecule has 0 amide bonds. The summed E-state index contributed by atoms with van der Waals surface area (Å²) in [5.74, 6) is 0.695. The van der Waals surface area contributed by atoms with E-state index in [-0.39, 0.29) is 0 Å². The van der Waals surface area contributed by atoms with Gasteiger partial charge in [0.15, 0.2) is 0 Å². The van der Waals surface area contributed by atoms with Crippen molar-refractivity contribution in [2.24, 2.45) is 11.7 Å². The van der Waals surface area contributed by atoms with E-state index in [1.165, 1.54) is 37.7 Å². The fourth-order valence-electron chi connectivity index (χ4n) is 2.80. The third kappa shape index (κ3) is 4.09. The molecule has 96 valence electrons. The van der Waals surface area contributed by atoms with Crippen LogP contribution in [0, 0.1) is 5.92 Å². The van der Waals surface area contributed by atoms with Crippen molar-refractivity contribution in [1.82, 2.24) is 4.90 Å². The number of nitrogens with zero attached hydrogens (tertiary/aromatic N) is 1. The molecule has 2 unspecified atom stereocenters. The van der Waals surface area contributed by atoms with Crippen LogP contribution in [-0.4, -0.2) is 24.5 Å². The average Bonchev–Trinajstić information content (AvgIpc) is 2.71. The van der Waals surface area contributed by atoms with Gasteiger partial charge in [0.1, 0.15) is 0 Å². The van der Waals surface area contributed by atoms with Gasteiger partial charge in [0.05, 0.1) is 0 Å². The van der Waals surface area contributed by atoms with Crippen molar-refractivity contribution in [2.45, 2.75) is 44.7 Å². The second-order valence-corrected chi connectivity index (χ2v) is 6.17. The van der Waals surface area contributed by atoms with Gasteiger partial charge in [0.25, 0.3) is 0 Å². The van der Waals surface area contributed by atoms with Gasteiger partial charge < -0.3 is 10.6 Å². The van der Waals surface area contributed by atoms with Crippen molar-refractivity contribution in [2.75, 3.05) is 13.6 Å². The summed E-state index contributed by atoms with van der Waals surface area (Å²) in [6.45, 7) is 2.21. The van der Waals surface area contributed by atoms with E-state index in [2.05, 4.69) is 28.8 Å². The van der Waals surface area contributed by atoms with Gasteiger partial charge in [-0.25, -0.2) is 0 Å². The molecule has 2 N–H and O–H groups in total. The number of hydrogen-bond donors (Lipinski definition) is 1. The van der Waals surface area contributed by atoms with Crippen LogP contribution in [-0.2, 0) is 6.54 Å². The summed E-state index contributed by atoms with van der Waals surface area (Å²) >= 11 is 1.78. The van der Waals surface area contributed by atoms with Crippen LogP contribution in [0.25, 0.3) is 0 Å². The molecule has 0 radical (unpaired) electrons. The van der Waals surface area contributed by atoms with Crippen LogP contribution in [0.4, 0.5) is 0 Å². The molecule has 1 aliphatic rings. The summed E-state index contributed by atoms with van der Waals surface area (Å²) in [6, 6.07) is 2.64. The molecule has 2 rings (SSSR count). The maximum absolute atomic E-state index is 6.28. The summed E-state index contributed by atoms with van der Waals surface area (Å²) in [5, 5.41) is 4.39. The van der Waals surface area contributed by atoms with Crippen LogP contribution in [0.1, 0.15) is 37.7 Å². The molecule has 0 bridgehead atoms. The van der Waals surface area contributed by atoms with Crippen LogP contribution in [0.2, 0.25) is 0 Å². The molecule has 2 atom stereocenters. The van der Waals surface area contributed by atoms with Crippen molar-refractivity contribution < 1.29 is 0 Å². The van der Waals surface area contributed by atoms with Gasteiger partial charge in [0.2, 0.25) is 0 Å². The first-order valence-electron chi connectivity index (χ1n) is 6.71. The highest BCUT2D eigenvalue weighted by Crippen LogP contribution is 2.23. The quantitative estimate of drug-likeness (QED) is 0.834. The molecule has 1 saturated carbocycles. The topological polar surface area (TPSA) is 29.3 Å². The molecule has 1 heterocycles. The molecule has 1 aromatic heterocycles. The Hall–Kier alpha value is -0.380. The number of thiophene rings is 1. The molecular weight excluding hydrogens is 228 g/mol. The van der Waals surface area contributed by atoms with Crippen molar-refractivity contribution >= 4 is 11.3 Å². The van der Waals surface area contributed by atoms with E-state index in [1.54, 1.807) is 11.3 Å². The van der Waals surface area contributed by atoms with Crippen molar-refractivity contribution in [3.8, 4) is 0 Å². The van der Waals surface area contributed by atoms with Crippen LogP contribution in [0.5, 0.6) is 0 Å². The highest BCUT2D eigenvalue weighted by molar-refractivity contribution is 7.07. The van der Waals surface area contributed by atoms with E-state index >= 15 is 0 Å². The Balaban J connectivity index is 1.82. The molecule has 3 heteroatoms. The van der Waals surface area contributed by atoms with Gasteiger partial charge in [-0.1, -0.05) is 19.3 Å². The smallest absolute Gasteiger partial charge is 0.0239 e. The Labute approximate surface area is 109 Å². The normalized spacial score (nSPS) is 26.1. The molecule has 1 aliphatic carbocycles. The van der Waals surface area contributed by atoms with Gasteiger partial charge in [-0.3, -0.25) is 0 Å². The van der Waals surface area contributed by atoms with Gasteiger partial charge in [-0.15, -0.1) is 0 Å². The van der Waals surface area contributed by atoms with E-state index in [4.69, 9.17) is 5.73 Å². The minimum atomic E-state index is 0.419. The van der Waals surface area contributed by atoms with Gasteiger partial charge >= 0.3 is 0 Å². The van der Waals surface area contributed by atoms with Crippen molar-refractivity contribution in [1.29, 1.82) is 0 Å². The minimum absolute atomic E-state index is 0.419. The van der Waals surface area contributed by atoms with Crippen LogP contribution >= 0.6 is 11.3 Å². The Morgan fingerprint density at radius 3 is 2.94 bits per heavy atom. The van der Waals surface area contributed by atoms with Crippen molar-refractivity contribution in [3.05, 3.63) is 22.4 Å². The predicted molar refractivity (Wildman–Crippen MR) is 75.2 cm³/mol. The Morgan fingerprint density at radius 2 is 2.18 bits per heavy atom. The zero-order chi connectivity index (χ0) is 12.1. The van der Waals surface area contributed by atoms with Crippen molar-refractivity contribution in [3.63, 3.8) is 0 Å². The van der Waals surface area contributed by atoms with E-state index in [1.807, 2.05) is 0 Å². The lowest BCUT2D eigenvalue weighted by Crippen LogP contribution is -2.37. The van der Waals surface area contributed by atoms with E-state index in [9.17, 15) is 0 Å². The molecule has 1 fully saturated rings. The summed E-state index contributed by atoms with van der Waals surface area (Å²) < 4.78 is 0. The summed E-state index contributed by atoms with van der Waals surface area (Å²) in [4.78, 5) is 2.43. The molecule has 0 spiro atoms. The maximum Gasteiger partial charge on any atom is 0.0239 e. The zero-order valence-corrected chi connectivity index (χ0v) is 11.6. The highest BCUT2D eigenvalue weighted by atomic mass is 32.1. The fourth-order valence-corrected chi connectivity index (χ4v) is 3.46. The standard InChI is InChI=1S/C14H24N2S/c1-16(9-12-7-8-17-11-12)10-13-5-3-2-4-6-14(13)15/h7-8,11,13-14H,2-6,9-10,15H2,1H3. The second kappa shape index (κ2) is 6.53. The van der Waals surface area contributed by atoms with Gasteiger partial charge in [0, 0.05) is 19.1 Å². The largest absolute Gasteiger partial charge is 0.327 e. The van der Waals surface area contributed by atoms with Crippen LogP contribution in [0.15, 0.2) is 16.8 Å². The number of nitrogens with two attached hydrogens (primary N) is 1. The fraction of sp³-hybridized carbons (Fsp3) is 0.714. The minimum Gasteiger partial charge on any atom is -0.327 e. The summed E-state index contributed by atoms with van der Waals surface area (Å²) in [6.07, 6.45) is 6.60. The predicted octanol–water partition coefficient (Wildman–Crippen LogP) is 3.09. The van der Waals surface area contributed by atoms with E-state index in [0.29, 0.717) is 12.0 Å². The highest BCUT2D eigenvalue weighted by Gasteiger charge is 2.21. The molecule has 0 saturated heterocycles. The molecule has 0 aromatic carbocycles. The summed E-state index contributed by atoms with van der Waals surface area (Å²) in [5.41, 5.74) is 7.71. The average molecular weight is 252 g/mol. The SMILES string of the molecule is CN(Cc1ccsc1)CC1CCCCCC1N. The molecule has 17 heavy (non-hydrogen) atoms. The van der Waals surface area contributed by atoms with E-state index in [0.717, 1.165) is 13.1 Å². The molecule has 0 aliphatic heterocycles. The number of hydrogen-bond acceptors (Lipinski definition) is 3. The first kappa shape index (κ1) is 13.1. The molecular formula is C14H24N2S. The lowest BCUT2D eigenvalue weighted by molar-refractivity contribution is 0.237. The van der Waals surface area contributed by atoms with Crippen LogP contribution < -0.4 is 5.73 Å². The lowest BCUT2D eigenvalue weighted by Gasteiger charge is -2.26. The van der Waals surface area contributed by atoms with Gasteiger partial charge in [-0.2, -0.15) is 11.3 Å². The monoisotopic (exact) mass is 252 g/mol. The molecule has 1 aromatic rings. The third-order valence-electron chi connectivity index (χ3n) is 3.80. The first-order chi connectivity index (χ1) is 8.25. The Bertz CT molecular complexity index is 310. The third-order valence-corrected chi connectivity index (χ3v) is 4.53.